The van der Waals surface area contributed by atoms with Gasteiger partial charge in [-0.25, -0.2) is 14.4 Å². The standard InChI is InChI=1S/C67H74FN11O7/c1-38(2)70-61(81)48-35-52(50(68)30-40(48)5)72-60-59-53(69-37-77(59)39(3)4)36-51(71-60)44-16-17-49-56(32-44)78(46-33-45(34-46)74-24-7-6-8-25-74)66(86)67(49)22-28-76(29-23-67)63(83)43-14-12-41(13-15-43)31-42-20-26-75(27-21-42)54-11-9-10-47-58(54)65(85)79(64(47)84)55-18-19-57(80)73-62(55)82/h9-17,30,32,35-39,42,45-46,55H,6-8,18-29,31,33-34H2,1-5H3,(H,70,81)(H,71,72)(H,73,80,82). The number of piperidine rings is 4. The van der Waals surface area contributed by atoms with Gasteiger partial charge in [-0.3, -0.25) is 43.8 Å². The number of aromatic nitrogens is 3. The maximum atomic E-state index is 16.0. The van der Waals surface area contributed by atoms with Crippen LogP contribution in [-0.2, 0) is 26.2 Å². The Morgan fingerprint density at radius 3 is 2.24 bits per heavy atom. The number of aryl methyl sites for hydroxylation is 1. The largest absolute Gasteiger partial charge is 0.371 e. The third kappa shape index (κ3) is 10.1. The Hall–Kier alpha value is -8.32. The third-order valence-electron chi connectivity index (χ3n) is 19.4. The minimum Gasteiger partial charge on any atom is -0.371 e. The van der Waals surface area contributed by atoms with E-state index in [2.05, 4.69) is 42.8 Å². The van der Waals surface area contributed by atoms with Crippen LogP contribution in [0.4, 0.5) is 27.3 Å². The van der Waals surface area contributed by atoms with Crippen LogP contribution >= 0.6 is 0 Å². The first-order chi connectivity index (χ1) is 41.4. The van der Waals surface area contributed by atoms with Gasteiger partial charge in [-0.15, -0.1) is 0 Å². The molecule has 446 valence electrons. The lowest BCUT2D eigenvalue weighted by molar-refractivity contribution is -0.136. The molecule has 7 aliphatic rings. The van der Waals surface area contributed by atoms with Crippen molar-refractivity contribution in [2.45, 2.75) is 147 Å². The molecule has 4 saturated heterocycles. The Bertz CT molecular complexity index is 3760. The van der Waals surface area contributed by atoms with E-state index in [4.69, 9.17) is 9.97 Å². The second kappa shape index (κ2) is 22.5. The summed E-state index contributed by atoms with van der Waals surface area (Å²) in [7, 11) is 0. The van der Waals surface area contributed by atoms with E-state index in [-0.39, 0.29) is 59.9 Å². The number of imidazole rings is 1. The number of pyridine rings is 1. The van der Waals surface area contributed by atoms with Gasteiger partial charge in [0, 0.05) is 79.1 Å². The maximum Gasteiger partial charge on any atom is 0.264 e. The van der Waals surface area contributed by atoms with Gasteiger partial charge < -0.3 is 34.8 Å². The number of anilines is 4. The molecule has 1 unspecified atom stereocenters. The number of carbonyl (C=O) groups is 7. The molecular formula is C67H74FN11O7. The predicted molar refractivity (Wildman–Crippen MR) is 325 cm³/mol. The van der Waals surface area contributed by atoms with E-state index in [0.717, 1.165) is 72.5 Å². The maximum absolute atomic E-state index is 16.0. The van der Waals surface area contributed by atoms with Crippen molar-refractivity contribution in [3.05, 3.63) is 130 Å². The molecule has 2 aromatic heterocycles. The number of nitrogens with one attached hydrogen (secondary N) is 3. The van der Waals surface area contributed by atoms with Crippen molar-refractivity contribution in [3.8, 4) is 11.3 Å². The number of halogens is 1. The molecule has 0 bridgehead atoms. The van der Waals surface area contributed by atoms with Gasteiger partial charge in [0.1, 0.15) is 17.4 Å². The van der Waals surface area contributed by atoms with E-state index in [9.17, 15) is 28.8 Å². The minimum absolute atomic E-state index is 0.00625. The summed E-state index contributed by atoms with van der Waals surface area (Å²) >= 11 is 0. The smallest absolute Gasteiger partial charge is 0.264 e. The molecule has 3 N–H and O–H groups in total. The number of nitrogens with zero attached hydrogens (tertiary/aromatic N) is 8. The van der Waals surface area contributed by atoms with Gasteiger partial charge in [-0.1, -0.05) is 36.8 Å². The average Bonchev–Trinajstić information content (AvgIpc) is 1.60. The molecule has 4 aromatic carbocycles. The molecule has 7 amide bonds. The summed E-state index contributed by atoms with van der Waals surface area (Å²) in [6, 6.07) is 23.5. The zero-order valence-electron chi connectivity index (χ0n) is 49.6. The molecule has 18 nitrogen and oxygen atoms in total. The molecule has 6 aromatic rings. The summed E-state index contributed by atoms with van der Waals surface area (Å²) in [6.45, 7) is 13.9. The first-order valence-corrected chi connectivity index (χ1v) is 30.9. The van der Waals surface area contributed by atoms with Gasteiger partial charge in [-0.05, 0) is 183 Å². The van der Waals surface area contributed by atoms with Crippen LogP contribution in [0.2, 0.25) is 0 Å². The number of imide groups is 2. The molecule has 19 heteroatoms. The molecule has 8 heterocycles. The lowest BCUT2D eigenvalue weighted by Crippen LogP contribution is -2.58. The fourth-order valence-electron chi connectivity index (χ4n) is 14.6. The third-order valence-corrected chi connectivity index (χ3v) is 19.4. The van der Waals surface area contributed by atoms with Crippen molar-refractivity contribution >= 4 is 75.3 Å². The molecule has 86 heavy (non-hydrogen) atoms. The fraction of sp³-hybridized carbons (Fsp3) is 0.448. The summed E-state index contributed by atoms with van der Waals surface area (Å²) in [6.07, 6.45) is 10.9. The van der Waals surface area contributed by atoms with E-state index in [0.29, 0.717) is 101 Å². The van der Waals surface area contributed by atoms with E-state index in [1.807, 2.05) is 79.6 Å². The quantitative estimate of drug-likeness (QED) is 0.0927. The molecule has 1 atom stereocenters. The Labute approximate surface area is 499 Å². The zero-order valence-corrected chi connectivity index (χ0v) is 49.6. The van der Waals surface area contributed by atoms with Gasteiger partial charge >= 0.3 is 0 Å². The lowest BCUT2D eigenvalue weighted by Gasteiger charge is -2.48. The number of rotatable bonds is 13. The second-order valence-corrected chi connectivity index (χ2v) is 25.5. The summed E-state index contributed by atoms with van der Waals surface area (Å²) in [5.74, 6) is -2.11. The SMILES string of the molecule is Cc1cc(F)c(Nc2nc(-c3ccc4c(c3)N(C3CC(N5CCCCC5)C3)C(=O)C43CCN(C(=O)c4ccc(CC5CCN(c6cccc7c6C(=O)N(C6CCC(=O)NC6=O)C7=O)CC5)cc4)CC3)cc3ncn(C(C)C)c23)cc1C(=O)NC(C)C. The Kier molecular flexibility index (Phi) is 14.9. The van der Waals surface area contributed by atoms with Gasteiger partial charge in [0.05, 0.1) is 45.5 Å². The van der Waals surface area contributed by atoms with Gasteiger partial charge in [0.15, 0.2) is 5.82 Å². The fourth-order valence-corrected chi connectivity index (χ4v) is 14.6. The van der Waals surface area contributed by atoms with Crippen LogP contribution in [0.5, 0.6) is 0 Å². The Morgan fingerprint density at radius 1 is 0.791 bits per heavy atom. The minimum atomic E-state index is -1.02. The first-order valence-electron chi connectivity index (χ1n) is 30.9. The molecule has 0 radical (unpaired) electrons. The van der Waals surface area contributed by atoms with Crippen molar-refractivity contribution in [2.75, 3.05) is 54.4 Å². The molecule has 1 aliphatic carbocycles. The van der Waals surface area contributed by atoms with Gasteiger partial charge in [0.2, 0.25) is 17.7 Å². The summed E-state index contributed by atoms with van der Waals surface area (Å²) in [5, 5.41) is 8.47. The number of amides is 7. The zero-order chi connectivity index (χ0) is 59.9. The number of hydrogen-bond acceptors (Lipinski definition) is 12. The highest BCUT2D eigenvalue weighted by molar-refractivity contribution is 6.25. The molecule has 1 saturated carbocycles. The van der Waals surface area contributed by atoms with Crippen LogP contribution < -0.4 is 25.8 Å². The monoisotopic (exact) mass is 1160 g/mol. The van der Waals surface area contributed by atoms with Crippen LogP contribution in [0.1, 0.15) is 162 Å². The van der Waals surface area contributed by atoms with Crippen LogP contribution in [0, 0.1) is 18.7 Å². The summed E-state index contributed by atoms with van der Waals surface area (Å²) < 4.78 is 18.0. The van der Waals surface area contributed by atoms with E-state index in [1.54, 1.807) is 25.4 Å². The van der Waals surface area contributed by atoms with Crippen molar-refractivity contribution in [1.82, 2.24) is 39.9 Å². The predicted octanol–water partition coefficient (Wildman–Crippen LogP) is 9.41. The number of carbonyl (C=O) groups excluding carboxylic acids is 7. The summed E-state index contributed by atoms with van der Waals surface area (Å²) in [4.78, 5) is 115. The normalized spacial score (nSPS) is 21.6. The molecular weight excluding hydrogens is 1090 g/mol. The molecule has 6 aliphatic heterocycles. The second-order valence-electron chi connectivity index (χ2n) is 25.5. The highest BCUT2D eigenvalue weighted by Crippen LogP contribution is 2.52. The average molecular weight is 1160 g/mol. The lowest BCUT2D eigenvalue weighted by atomic mass is 9.73. The van der Waals surface area contributed by atoms with Gasteiger partial charge in [0.25, 0.3) is 23.6 Å². The van der Waals surface area contributed by atoms with Crippen LogP contribution in [0.3, 0.4) is 0 Å². The first kappa shape index (κ1) is 56.8. The topological polar surface area (TPSA) is 202 Å². The summed E-state index contributed by atoms with van der Waals surface area (Å²) in [5.41, 5.74) is 7.73. The Balaban J connectivity index is 0.709. The number of benzene rings is 4. The van der Waals surface area contributed by atoms with Crippen molar-refractivity contribution < 1.29 is 38.0 Å². The van der Waals surface area contributed by atoms with Crippen molar-refractivity contribution in [2.24, 2.45) is 5.92 Å². The van der Waals surface area contributed by atoms with E-state index < -0.39 is 40.9 Å². The highest BCUT2D eigenvalue weighted by Gasteiger charge is 2.56. The van der Waals surface area contributed by atoms with E-state index >= 15 is 9.18 Å². The molecule has 5 fully saturated rings. The van der Waals surface area contributed by atoms with Crippen molar-refractivity contribution in [1.29, 1.82) is 0 Å². The molecule has 1 spiro atoms. The Morgan fingerprint density at radius 2 is 1.53 bits per heavy atom. The van der Waals surface area contributed by atoms with Crippen LogP contribution in [0.25, 0.3) is 22.3 Å². The van der Waals surface area contributed by atoms with Crippen molar-refractivity contribution in [3.63, 3.8) is 0 Å². The van der Waals surface area contributed by atoms with Crippen LogP contribution in [0.15, 0.2) is 85.2 Å². The molecule has 13 rings (SSSR count). The number of likely N-dealkylation sites (tertiary alicyclic amines) is 2. The van der Waals surface area contributed by atoms with Crippen LogP contribution in [-0.4, -0.2) is 134 Å². The van der Waals surface area contributed by atoms with E-state index in [1.165, 1.54) is 31.4 Å². The number of hydrogen-bond donors (Lipinski definition) is 3. The highest BCUT2D eigenvalue weighted by atomic mass is 19.1. The van der Waals surface area contributed by atoms with Gasteiger partial charge in [-0.2, -0.15) is 0 Å². The number of fused-ring (bicyclic) bond motifs is 4.